The maximum absolute atomic E-state index is 12.4. The van der Waals surface area contributed by atoms with Gasteiger partial charge < -0.3 is 4.74 Å². The van der Waals surface area contributed by atoms with E-state index < -0.39 is 18.6 Å². The van der Waals surface area contributed by atoms with Crippen LogP contribution in [0.2, 0.25) is 0 Å². The molecule has 3 nitrogen and oxygen atoms in total. The summed E-state index contributed by atoms with van der Waals surface area (Å²) >= 11 is 3.14. The molecule has 1 aliphatic heterocycles. The van der Waals surface area contributed by atoms with Crippen molar-refractivity contribution in [3.05, 3.63) is 22.7 Å². The van der Waals surface area contributed by atoms with E-state index in [-0.39, 0.29) is 18.0 Å². The Morgan fingerprint density at radius 2 is 2.12 bits per heavy atom. The van der Waals surface area contributed by atoms with E-state index in [1.54, 1.807) is 6.07 Å². The van der Waals surface area contributed by atoms with Gasteiger partial charge in [0.1, 0.15) is 12.3 Å². The lowest BCUT2D eigenvalue weighted by Gasteiger charge is -2.30. The first-order chi connectivity index (χ1) is 7.87. The molecule has 1 aliphatic rings. The summed E-state index contributed by atoms with van der Waals surface area (Å²) in [6, 6.07) is 4.59. The van der Waals surface area contributed by atoms with Crippen LogP contribution in [-0.4, -0.2) is 25.2 Å². The van der Waals surface area contributed by atoms with Crippen LogP contribution in [-0.2, 0) is 4.79 Å². The highest BCUT2D eigenvalue weighted by molar-refractivity contribution is 9.10. The van der Waals surface area contributed by atoms with Crippen molar-refractivity contribution in [2.75, 3.05) is 18.1 Å². The Morgan fingerprint density at radius 1 is 1.41 bits per heavy atom. The number of halogens is 4. The van der Waals surface area contributed by atoms with Crippen LogP contribution in [0.15, 0.2) is 22.7 Å². The van der Waals surface area contributed by atoms with Gasteiger partial charge in [0.15, 0.2) is 6.61 Å². The number of nitrogens with zero attached hydrogens (tertiary/aromatic N) is 1. The topological polar surface area (TPSA) is 29.5 Å². The molecule has 0 fully saturated rings. The number of ether oxygens (including phenoxy) is 1. The fraction of sp³-hybridized carbons (Fsp3) is 0.300. The second-order valence-corrected chi connectivity index (χ2v) is 4.41. The number of rotatable bonds is 1. The predicted octanol–water partition coefficient (Wildman–Crippen LogP) is 2.74. The van der Waals surface area contributed by atoms with Crippen molar-refractivity contribution in [3.8, 4) is 5.75 Å². The summed E-state index contributed by atoms with van der Waals surface area (Å²) in [5.41, 5.74) is 0.132. The Morgan fingerprint density at radius 3 is 2.76 bits per heavy atom. The first kappa shape index (κ1) is 12.2. The zero-order valence-corrected chi connectivity index (χ0v) is 10.0. The Hall–Kier alpha value is -1.24. The highest BCUT2D eigenvalue weighted by Gasteiger charge is 2.36. The molecule has 0 saturated heterocycles. The molecule has 17 heavy (non-hydrogen) atoms. The zero-order chi connectivity index (χ0) is 12.6. The highest BCUT2D eigenvalue weighted by atomic mass is 79.9. The highest BCUT2D eigenvalue weighted by Crippen LogP contribution is 2.36. The van der Waals surface area contributed by atoms with Gasteiger partial charge in [-0.2, -0.15) is 13.2 Å². The number of hydrogen-bond donors (Lipinski definition) is 0. The Balaban J connectivity index is 2.39. The van der Waals surface area contributed by atoms with Crippen LogP contribution in [0.4, 0.5) is 18.9 Å². The van der Waals surface area contributed by atoms with Gasteiger partial charge in [-0.1, -0.05) is 15.9 Å². The molecule has 0 aliphatic carbocycles. The summed E-state index contributed by atoms with van der Waals surface area (Å²) < 4.78 is 42.7. The molecule has 0 N–H and O–H groups in total. The van der Waals surface area contributed by atoms with Gasteiger partial charge in [-0.15, -0.1) is 0 Å². The molecule has 0 unspecified atom stereocenters. The fourth-order valence-corrected chi connectivity index (χ4v) is 1.88. The lowest BCUT2D eigenvalue weighted by atomic mass is 10.2. The Kier molecular flexibility index (Phi) is 3.03. The third-order valence-electron chi connectivity index (χ3n) is 2.20. The van der Waals surface area contributed by atoms with Crippen LogP contribution < -0.4 is 9.64 Å². The molecule has 0 radical (unpaired) electrons. The molecule has 0 atom stereocenters. The molecule has 0 saturated carbocycles. The van der Waals surface area contributed by atoms with E-state index in [0.29, 0.717) is 9.37 Å². The number of carbonyl (C=O) groups excluding carboxylic acids is 1. The second kappa shape index (κ2) is 4.21. The largest absolute Gasteiger partial charge is 0.482 e. The molecule has 1 amide bonds. The third kappa shape index (κ3) is 2.71. The van der Waals surface area contributed by atoms with Gasteiger partial charge >= 0.3 is 6.18 Å². The summed E-state index contributed by atoms with van der Waals surface area (Å²) in [4.78, 5) is 12.1. The Bertz CT molecular complexity index is 461. The number of alkyl halides is 3. The molecule has 0 bridgehead atoms. The van der Waals surface area contributed by atoms with Crippen LogP contribution in [0.1, 0.15) is 0 Å². The molecule has 7 heteroatoms. The summed E-state index contributed by atoms with van der Waals surface area (Å²) in [5, 5.41) is 0. The van der Waals surface area contributed by atoms with Crippen molar-refractivity contribution in [1.82, 2.24) is 0 Å². The predicted molar refractivity (Wildman–Crippen MR) is 58.0 cm³/mol. The van der Waals surface area contributed by atoms with Gasteiger partial charge in [-0.05, 0) is 18.2 Å². The van der Waals surface area contributed by atoms with Crippen molar-refractivity contribution >= 4 is 27.5 Å². The van der Waals surface area contributed by atoms with Gasteiger partial charge in [0.25, 0.3) is 5.91 Å². The molecule has 2 rings (SSSR count). The lowest BCUT2D eigenvalue weighted by molar-refractivity contribution is -0.134. The van der Waals surface area contributed by atoms with Crippen molar-refractivity contribution in [1.29, 1.82) is 0 Å². The second-order valence-electron chi connectivity index (χ2n) is 3.50. The Labute approximate surface area is 103 Å². The van der Waals surface area contributed by atoms with Crippen LogP contribution in [0.5, 0.6) is 5.75 Å². The summed E-state index contributed by atoms with van der Waals surface area (Å²) in [6.45, 7) is -1.68. The van der Waals surface area contributed by atoms with E-state index in [0.717, 1.165) is 0 Å². The zero-order valence-electron chi connectivity index (χ0n) is 8.42. The molecular weight excluding hydrogens is 303 g/mol. The average molecular weight is 310 g/mol. The minimum atomic E-state index is -4.44. The maximum Gasteiger partial charge on any atom is 0.406 e. The van der Waals surface area contributed by atoms with Crippen LogP contribution in [0, 0.1) is 0 Å². The number of carbonyl (C=O) groups is 1. The third-order valence-corrected chi connectivity index (χ3v) is 2.69. The first-order valence-electron chi connectivity index (χ1n) is 4.66. The number of benzene rings is 1. The molecule has 1 aromatic carbocycles. The minimum Gasteiger partial charge on any atom is -0.482 e. The van der Waals surface area contributed by atoms with E-state index >= 15 is 0 Å². The number of amides is 1. The van der Waals surface area contributed by atoms with E-state index in [1.165, 1.54) is 12.1 Å². The van der Waals surface area contributed by atoms with E-state index in [1.807, 2.05) is 0 Å². The summed E-state index contributed by atoms with van der Waals surface area (Å²) in [7, 11) is 0. The van der Waals surface area contributed by atoms with Crippen molar-refractivity contribution in [3.63, 3.8) is 0 Å². The first-order valence-corrected chi connectivity index (χ1v) is 5.45. The van der Waals surface area contributed by atoms with E-state index in [4.69, 9.17) is 4.74 Å². The summed E-state index contributed by atoms with van der Waals surface area (Å²) in [6.07, 6.45) is -4.44. The fourth-order valence-electron chi connectivity index (χ4n) is 1.53. The maximum atomic E-state index is 12.4. The van der Waals surface area contributed by atoms with Crippen molar-refractivity contribution in [2.24, 2.45) is 0 Å². The van der Waals surface area contributed by atoms with Crippen molar-refractivity contribution in [2.45, 2.75) is 6.18 Å². The van der Waals surface area contributed by atoms with E-state index in [9.17, 15) is 18.0 Å². The van der Waals surface area contributed by atoms with Gasteiger partial charge in [0, 0.05) is 4.47 Å². The standard InChI is InChI=1S/C10H7BrF3NO2/c11-6-1-2-8-7(3-6)15(5-10(12,13)14)9(16)4-17-8/h1-3H,4-5H2. The molecule has 1 heterocycles. The quantitative estimate of drug-likeness (QED) is 0.798. The summed E-state index contributed by atoms with van der Waals surface area (Å²) in [5.74, 6) is -0.426. The molecular formula is C10H7BrF3NO2. The average Bonchev–Trinajstić information content (AvgIpc) is 2.21. The number of fused-ring (bicyclic) bond motifs is 1. The van der Waals surface area contributed by atoms with E-state index in [2.05, 4.69) is 15.9 Å². The molecule has 92 valence electrons. The monoisotopic (exact) mass is 309 g/mol. The van der Waals surface area contributed by atoms with Crippen LogP contribution >= 0.6 is 15.9 Å². The number of hydrogen-bond acceptors (Lipinski definition) is 2. The van der Waals surface area contributed by atoms with Crippen molar-refractivity contribution < 1.29 is 22.7 Å². The number of anilines is 1. The molecule has 1 aromatic rings. The lowest BCUT2D eigenvalue weighted by Crippen LogP contribution is -2.44. The van der Waals surface area contributed by atoms with Gasteiger partial charge in [0.05, 0.1) is 5.69 Å². The van der Waals surface area contributed by atoms with Gasteiger partial charge in [0.2, 0.25) is 0 Å². The van der Waals surface area contributed by atoms with Crippen LogP contribution in [0.25, 0.3) is 0 Å². The smallest absolute Gasteiger partial charge is 0.406 e. The minimum absolute atomic E-state index is 0.132. The van der Waals surface area contributed by atoms with Gasteiger partial charge in [-0.3, -0.25) is 9.69 Å². The SMILES string of the molecule is O=C1COc2ccc(Br)cc2N1CC(F)(F)F. The normalized spacial score (nSPS) is 15.5. The molecule has 0 spiro atoms. The molecule has 0 aromatic heterocycles. The van der Waals surface area contributed by atoms with Gasteiger partial charge in [-0.25, -0.2) is 0 Å². The van der Waals surface area contributed by atoms with Crippen LogP contribution in [0.3, 0.4) is 0 Å².